The zero-order chi connectivity index (χ0) is 12.8. The normalized spacial score (nSPS) is 18.8. The fourth-order valence-electron chi connectivity index (χ4n) is 2.13. The van der Waals surface area contributed by atoms with E-state index in [1.165, 1.54) is 5.56 Å². The molecule has 0 spiro atoms. The molecule has 1 saturated heterocycles. The zero-order valence-corrected chi connectivity index (χ0v) is 10.9. The molecular formula is C15H20O3. The van der Waals surface area contributed by atoms with Crippen LogP contribution < -0.4 is 4.74 Å². The van der Waals surface area contributed by atoms with Crippen molar-refractivity contribution in [1.29, 1.82) is 0 Å². The van der Waals surface area contributed by atoms with E-state index in [0.717, 1.165) is 32.3 Å². The van der Waals surface area contributed by atoms with Crippen molar-refractivity contribution >= 4 is 5.97 Å². The van der Waals surface area contributed by atoms with E-state index in [9.17, 15) is 4.79 Å². The van der Waals surface area contributed by atoms with Crippen LogP contribution in [0.3, 0.4) is 0 Å². The van der Waals surface area contributed by atoms with Crippen LogP contribution in [-0.2, 0) is 16.0 Å². The first-order chi connectivity index (χ1) is 8.78. The number of carbonyl (C=O) groups excluding carboxylic acids is 1. The number of aryl methyl sites for hydroxylation is 1. The number of carbonyl (C=O) groups is 1. The Hall–Kier alpha value is -1.35. The van der Waals surface area contributed by atoms with Crippen LogP contribution in [-0.4, -0.2) is 18.7 Å². The first-order valence-corrected chi connectivity index (χ1v) is 6.69. The molecule has 1 unspecified atom stereocenters. The minimum atomic E-state index is -0.172. The van der Waals surface area contributed by atoms with Gasteiger partial charge in [-0.3, -0.25) is 4.79 Å². The van der Waals surface area contributed by atoms with Crippen LogP contribution in [0.4, 0.5) is 0 Å². The number of ether oxygens (including phenoxy) is 2. The van der Waals surface area contributed by atoms with Gasteiger partial charge in [0.1, 0.15) is 5.75 Å². The largest absolute Gasteiger partial charge is 0.427 e. The second kappa shape index (κ2) is 6.55. The summed E-state index contributed by atoms with van der Waals surface area (Å²) in [5.74, 6) is 0.458. The van der Waals surface area contributed by atoms with Crippen molar-refractivity contribution < 1.29 is 14.3 Å². The number of hydrogen-bond acceptors (Lipinski definition) is 3. The smallest absolute Gasteiger partial charge is 0.311 e. The molecule has 1 atom stereocenters. The van der Waals surface area contributed by atoms with Crippen molar-refractivity contribution in [2.45, 2.75) is 45.1 Å². The maximum absolute atomic E-state index is 11.6. The van der Waals surface area contributed by atoms with Gasteiger partial charge in [-0.25, -0.2) is 0 Å². The Morgan fingerprint density at radius 2 is 2.17 bits per heavy atom. The van der Waals surface area contributed by atoms with Gasteiger partial charge in [-0.2, -0.15) is 0 Å². The molecule has 0 N–H and O–H groups in total. The molecule has 0 aromatic heterocycles. The Morgan fingerprint density at radius 1 is 1.39 bits per heavy atom. The van der Waals surface area contributed by atoms with Gasteiger partial charge in [0, 0.05) is 13.0 Å². The van der Waals surface area contributed by atoms with Crippen LogP contribution in [0.1, 0.15) is 38.2 Å². The Morgan fingerprint density at radius 3 is 2.78 bits per heavy atom. The number of hydrogen-bond donors (Lipinski definition) is 0. The lowest BCUT2D eigenvalue weighted by Gasteiger charge is -2.09. The van der Waals surface area contributed by atoms with E-state index >= 15 is 0 Å². The van der Waals surface area contributed by atoms with Gasteiger partial charge < -0.3 is 9.47 Å². The van der Waals surface area contributed by atoms with Crippen molar-refractivity contribution in [3.8, 4) is 5.75 Å². The molecule has 3 heteroatoms. The SMILES string of the molecule is CCc1ccc(OC(=O)CCC2CCCO2)cc1. The second-order valence-electron chi connectivity index (χ2n) is 4.65. The molecule has 18 heavy (non-hydrogen) atoms. The van der Waals surface area contributed by atoms with E-state index in [2.05, 4.69) is 6.92 Å². The summed E-state index contributed by atoms with van der Waals surface area (Å²) >= 11 is 0. The van der Waals surface area contributed by atoms with Gasteiger partial charge >= 0.3 is 5.97 Å². The molecule has 2 rings (SSSR count). The van der Waals surface area contributed by atoms with Crippen LogP contribution >= 0.6 is 0 Å². The van der Waals surface area contributed by atoms with Crippen molar-refractivity contribution in [1.82, 2.24) is 0 Å². The molecule has 1 aliphatic heterocycles. The average molecular weight is 248 g/mol. The molecule has 98 valence electrons. The maximum Gasteiger partial charge on any atom is 0.311 e. The summed E-state index contributed by atoms with van der Waals surface area (Å²) in [5, 5.41) is 0. The first kappa shape index (κ1) is 13.1. The van der Waals surface area contributed by atoms with Crippen molar-refractivity contribution in [3.05, 3.63) is 29.8 Å². The highest BCUT2D eigenvalue weighted by Crippen LogP contribution is 2.18. The number of esters is 1. The molecule has 1 fully saturated rings. The van der Waals surface area contributed by atoms with E-state index in [0.29, 0.717) is 12.2 Å². The standard InChI is InChI=1S/C15H20O3/c1-2-12-5-7-14(8-6-12)18-15(16)10-9-13-4-3-11-17-13/h5-8,13H,2-4,9-11H2,1H3. The summed E-state index contributed by atoms with van der Waals surface area (Å²) in [6.45, 7) is 2.93. The maximum atomic E-state index is 11.6. The Balaban J connectivity index is 1.75. The van der Waals surface area contributed by atoms with E-state index in [1.54, 1.807) is 0 Å². The zero-order valence-electron chi connectivity index (χ0n) is 10.9. The van der Waals surface area contributed by atoms with Crippen molar-refractivity contribution in [2.75, 3.05) is 6.61 Å². The fraction of sp³-hybridized carbons (Fsp3) is 0.533. The predicted octanol–water partition coefficient (Wildman–Crippen LogP) is 3.11. The highest BCUT2D eigenvalue weighted by molar-refractivity contribution is 5.72. The molecule has 0 saturated carbocycles. The lowest BCUT2D eigenvalue weighted by atomic mass is 10.1. The van der Waals surface area contributed by atoms with Crippen LogP contribution in [0.25, 0.3) is 0 Å². The fourth-order valence-corrected chi connectivity index (χ4v) is 2.13. The molecule has 0 radical (unpaired) electrons. The molecule has 1 aliphatic rings. The van der Waals surface area contributed by atoms with Crippen molar-refractivity contribution in [2.24, 2.45) is 0 Å². The summed E-state index contributed by atoms with van der Waals surface area (Å²) < 4.78 is 10.8. The minimum absolute atomic E-state index is 0.172. The summed E-state index contributed by atoms with van der Waals surface area (Å²) in [7, 11) is 0. The highest BCUT2D eigenvalue weighted by Gasteiger charge is 2.17. The van der Waals surface area contributed by atoms with E-state index in [4.69, 9.17) is 9.47 Å². The van der Waals surface area contributed by atoms with Crippen LogP contribution in [0.15, 0.2) is 24.3 Å². The molecule has 1 heterocycles. The average Bonchev–Trinajstić information content (AvgIpc) is 2.90. The van der Waals surface area contributed by atoms with E-state index in [-0.39, 0.29) is 12.1 Å². The van der Waals surface area contributed by atoms with Gasteiger partial charge in [0.15, 0.2) is 0 Å². The third-order valence-corrected chi connectivity index (χ3v) is 3.26. The molecule has 1 aromatic carbocycles. The van der Waals surface area contributed by atoms with Gasteiger partial charge in [-0.05, 0) is 43.4 Å². The first-order valence-electron chi connectivity index (χ1n) is 6.69. The quantitative estimate of drug-likeness (QED) is 0.593. The Kier molecular flexibility index (Phi) is 4.76. The van der Waals surface area contributed by atoms with Gasteiger partial charge in [0.25, 0.3) is 0 Å². The molecule has 3 nitrogen and oxygen atoms in total. The third-order valence-electron chi connectivity index (χ3n) is 3.26. The highest BCUT2D eigenvalue weighted by atomic mass is 16.5. The number of benzene rings is 1. The molecular weight excluding hydrogens is 228 g/mol. The van der Waals surface area contributed by atoms with Crippen molar-refractivity contribution in [3.63, 3.8) is 0 Å². The predicted molar refractivity (Wildman–Crippen MR) is 69.7 cm³/mol. The van der Waals surface area contributed by atoms with Gasteiger partial charge in [0.2, 0.25) is 0 Å². The summed E-state index contributed by atoms with van der Waals surface area (Å²) in [6.07, 6.45) is 4.62. The summed E-state index contributed by atoms with van der Waals surface area (Å²) in [4.78, 5) is 11.6. The second-order valence-corrected chi connectivity index (χ2v) is 4.65. The molecule has 0 amide bonds. The van der Waals surface area contributed by atoms with Crippen LogP contribution in [0.2, 0.25) is 0 Å². The molecule has 1 aromatic rings. The van der Waals surface area contributed by atoms with Gasteiger partial charge in [-0.1, -0.05) is 19.1 Å². The minimum Gasteiger partial charge on any atom is -0.427 e. The van der Waals surface area contributed by atoms with Crippen LogP contribution in [0.5, 0.6) is 5.75 Å². The number of rotatable bonds is 5. The van der Waals surface area contributed by atoms with E-state index < -0.39 is 0 Å². The van der Waals surface area contributed by atoms with Crippen LogP contribution in [0, 0.1) is 0 Å². The van der Waals surface area contributed by atoms with E-state index in [1.807, 2.05) is 24.3 Å². The monoisotopic (exact) mass is 248 g/mol. The lowest BCUT2D eigenvalue weighted by Crippen LogP contribution is -2.13. The Bertz CT molecular complexity index is 377. The molecule has 0 bridgehead atoms. The molecule has 0 aliphatic carbocycles. The summed E-state index contributed by atoms with van der Waals surface area (Å²) in [5.41, 5.74) is 1.24. The Labute approximate surface area is 108 Å². The summed E-state index contributed by atoms with van der Waals surface area (Å²) in [6, 6.07) is 7.68. The third kappa shape index (κ3) is 3.84. The lowest BCUT2D eigenvalue weighted by molar-refractivity contribution is -0.135. The topological polar surface area (TPSA) is 35.5 Å². The van der Waals surface area contributed by atoms with Gasteiger partial charge in [0.05, 0.1) is 6.10 Å². The van der Waals surface area contributed by atoms with Gasteiger partial charge in [-0.15, -0.1) is 0 Å².